The Hall–Kier alpha value is -6.03. The van der Waals surface area contributed by atoms with Crippen molar-refractivity contribution >= 4 is 81.2 Å². The van der Waals surface area contributed by atoms with Crippen LogP contribution in [-0.4, -0.2) is 5.71 Å². The Morgan fingerprint density at radius 3 is 2.09 bits per heavy atom. The number of fused-ring (bicyclic) bond motifs is 7. The molecule has 0 bridgehead atoms. The number of furan rings is 1. The van der Waals surface area contributed by atoms with Crippen LogP contribution in [0.4, 0.5) is 0 Å². The fourth-order valence-corrected chi connectivity index (χ4v) is 9.58. The van der Waals surface area contributed by atoms with Crippen LogP contribution < -0.4 is 0 Å². The number of rotatable bonds is 4. The Bertz CT molecular complexity index is 3010. The first-order valence-electron chi connectivity index (χ1n) is 18.4. The monoisotopic (exact) mass is 699 g/mol. The second kappa shape index (κ2) is 12.6. The smallest absolute Gasteiger partial charge is 0.136 e. The van der Waals surface area contributed by atoms with E-state index in [1.165, 1.54) is 69.9 Å². The largest absolute Gasteiger partial charge is 0.456 e. The molecule has 3 heterocycles. The van der Waals surface area contributed by atoms with Gasteiger partial charge in [-0.3, -0.25) is 4.99 Å². The maximum Gasteiger partial charge on any atom is 0.136 e. The van der Waals surface area contributed by atoms with Gasteiger partial charge in [-0.2, -0.15) is 0 Å². The zero-order chi connectivity index (χ0) is 35.6. The van der Waals surface area contributed by atoms with Gasteiger partial charge >= 0.3 is 0 Å². The Morgan fingerprint density at radius 1 is 0.585 bits per heavy atom. The molecule has 0 saturated carbocycles. The lowest BCUT2D eigenvalue weighted by molar-refractivity contribution is 0.669. The van der Waals surface area contributed by atoms with E-state index in [1.54, 1.807) is 0 Å². The van der Waals surface area contributed by atoms with Gasteiger partial charge in [0.15, 0.2) is 0 Å². The van der Waals surface area contributed by atoms with E-state index in [9.17, 15) is 0 Å². The van der Waals surface area contributed by atoms with Gasteiger partial charge in [0.1, 0.15) is 11.2 Å². The molecule has 0 saturated heterocycles. The molecule has 9 aromatic rings. The van der Waals surface area contributed by atoms with Crippen LogP contribution in [0.25, 0.3) is 75.3 Å². The first-order valence-corrected chi connectivity index (χ1v) is 19.2. The van der Waals surface area contributed by atoms with Gasteiger partial charge in [-0.25, -0.2) is 0 Å². The third-order valence-corrected chi connectivity index (χ3v) is 12.5. The molecule has 0 radical (unpaired) electrons. The topological polar surface area (TPSA) is 25.5 Å². The fraction of sp³-hybridized carbons (Fsp3) is 0.100. The SMILES string of the molecule is C/C1=C(\c2cccc3c2sc2ccccc23)N=C(c2ccc3cc(-c4cccc5oc6ccccc6c45)ccc3c2)C(C)/C(C)=C(/c2ccccc2)C1. The number of para-hydroxylation sites is 1. The Morgan fingerprint density at radius 2 is 1.25 bits per heavy atom. The van der Waals surface area contributed by atoms with Crippen LogP contribution in [0.1, 0.15) is 43.9 Å². The molecule has 1 aliphatic rings. The molecule has 1 atom stereocenters. The van der Waals surface area contributed by atoms with Crippen LogP contribution in [0.3, 0.4) is 0 Å². The van der Waals surface area contributed by atoms with E-state index in [0.717, 1.165) is 45.3 Å². The minimum absolute atomic E-state index is 0.110. The highest BCUT2D eigenvalue weighted by molar-refractivity contribution is 7.26. The zero-order valence-corrected chi connectivity index (χ0v) is 30.8. The maximum atomic E-state index is 6.23. The molecular weight excluding hydrogens is 663 g/mol. The number of nitrogens with zero attached hydrogens (tertiary/aromatic N) is 1. The molecule has 0 aliphatic carbocycles. The highest BCUT2D eigenvalue weighted by Gasteiger charge is 2.25. The number of hydrogen-bond donors (Lipinski definition) is 0. The summed E-state index contributed by atoms with van der Waals surface area (Å²) < 4.78 is 8.83. The lowest BCUT2D eigenvalue weighted by Gasteiger charge is -2.25. The quantitative estimate of drug-likeness (QED) is 0.180. The molecule has 0 spiro atoms. The van der Waals surface area contributed by atoms with Gasteiger partial charge in [-0.1, -0.05) is 134 Å². The van der Waals surface area contributed by atoms with Gasteiger partial charge in [0.2, 0.25) is 0 Å². The van der Waals surface area contributed by atoms with Crippen molar-refractivity contribution in [2.45, 2.75) is 27.2 Å². The summed E-state index contributed by atoms with van der Waals surface area (Å²) in [5.41, 5.74) is 14.1. The van der Waals surface area contributed by atoms with E-state index in [4.69, 9.17) is 9.41 Å². The first kappa shape index (κ1) is 31.7. The zero-order valence-electron chi connectivity index (χ0n) is 30.0. The standard InChI is InChI=1S/C50H37NOS/c1-30-27-43(33-13-5-4-6-14-33)31(2)32(3)49(51-48(30)42-19-11-18-40-39-15-8-10-22-46(39)53-50(40)42)37-26-24-34-28-36(25-23-35(34)29-37)38-17-12-21-45-47(38)41-16-7-9-20-44(41)52-45/h4-26,28-29,32H,27H2,1-3H3/b43-31+,48-30-,51-49?. The predicted octanol–water partition coefficient (Wildman–Crippen LogP) is 14.5. The first-order chi connectivity index (χ1) is 26.0. The van der Waals surface area contributed by atoms with Crippen molar-refractivity contribution in [3.63, 3.8) is 0 Å². The van der Waals surface area contributed by atoms with Crippen molar-refractivity contribution in [3.8, 4) is 11.1 Å². The van der Waals surface area contributed by atoms with Gasteiger partial charge < -0.3 is 4.42 Å². The highest BCUT2D eigenvalue weighted by Crippen LogP contribution is 2.43. The summed E-state index contributed by atoms with van der Waals surface area (Å²) in [7, 11) is 0. The fourth-order valence-electron chi connectivity index (χ4n) is 8.36. The summed E-state index contributed by atoms with van der Waals surface area (Å²) in [4.78, 5) is 5.72. The number of thiophene rings is 1. The molecule has 10 rings (SSSR count). The molecule has 53 heavy (non-hydrogen) atoms. The average molecular weight is 700 g/mol. The van der Waals surface area contributed by atoms with Crippen LogP contribution in [0.15, 0.2) is 172 Å². The Labute approximate surface area is 313 Å². The lowest BCUT2D eigenvalue weighted by atomic mass is 9.82. The normalized spacial score (nSPS) is 18.2. The molecule has 0 N–H and O–H groups in total. The summed E-state index contributed by atoms with van der Waals surface area (Å²) >= 11 is 1.87. The second-order valence-corrected chi connectivity index (χ2v) is 15.4. The maximum absolute atomic E-state index is 6.23. The number of allylic oxidation sites excluding steroid dienone is 3. The number of aliphatic imine (C=N–C) groups is 1. The van der Waals surface area contributed by atoms with Gasteiger partial charge in [0, 0.05) is 42.4 Å². The molecule has 1 aliphatic heterocycles. The van der Waals surface area contributed by atoms with Crippen molar-refractivity contribution in [1.82, 2.24) is 0 Å². The van der Waals surface area contributed by atoms with E-state index < -0.39 is 0 Å². The summed E-state index contributed by atoms with van der Waals surface area (Å²) in [6.07, 6.45) is 0.854. The number of hydrogen-bond acceptors (Lipinski definition) is 3. The molecular formula is C50H37NOS. The summed E-state index contributed by atoms with van der Waals surface area (Å²) in [6, 6.07) is 54.8. The molecule has 254 valence electrons. The van der Waals surface area contributed by atoms with Crippen molar-refractivity contribution in [3.05, 3.63) is 179 Å². The average Bonchev–Trinajstić information content (AvgIpc) is 3.78. The van der Waals surface area contributed by atoms with E-state index in [1.807, 2.05) is 23.5 Å². The minimum Gasteiger partial charge on any atom is -0.456 e. The molecule has 1 unspecified atom stereocenters. The van der Waals surface area contributed by atoms with Crippen molar-refractivity contribution in [2.75, 3.05) is 0 Å². The van der Waals surface area contributed by atoms with E-state index in [0.29, 0.717) is 0 Å². The van der Waals surface area contributed by atoms with Crippen LogP contribution in [-0.2, 0) is 0 Å². The van der Waals surface area contributed by atoms with E-state index >= 15 is 0 Å². The van der Waals surface area contributed by atoms with E-state index in [2.05, 4.69) is 160 Å². The van der Waals surface area contributed by atoms with Crippen LogP contribution in [0, 0.1) is 5.92 Å². The van der Waals surface area contributed by atoms with Gasteiger partial charge in [-0.15, -0.1) is 11.3 Å². The Kier molecular flexibility index (Phi) is 7.52. The molecule has 0 fully saturated rings. The minimum atomic E-state index is 0.110. The van der Waals surface area contributed by atoms with Crippen molar-refractivity contribution in [1.29, 1.82) is 0 Å². The highest BCUT2D eigenvalue weighted by atomic mass is 32.1. The van der Waals surface area contributed by atoms with Crippen LogP contribution >= 0.6 is 11.3 Å². The van der Waals surface area contributed by atoms with Gasteiger partial charge in [-0.05, 0) is 94.8 Å². The van der Waals surface area contributed by atoms with Crippen LogP contribution in [0.5, 0.6) is 0 Å². The molecule has 0 amide bonds. The molecule has 7 aromatic carbocycles. The lowest BCUT2D eigenvalue weighted by Crippen LogP contribution is -2.17. The molecule has 2 nitrogen and oxygen atoms in total. The molecule has 3 heteroatoms. The summed E-state index contributed by atoms with van der Waals surface area (Å²) in [5.74, 6) is 0.110. The van der Waals surface area contributed by atoms with Crippen molar-refractivity contribution < 1.29 is 4.42 Å². The van der Waals surface area contributed by atoms with Crippen LogP contribution in [0.2, 0.25) is 0 Å². The summed E-state index contributed by atoms with van der Waals surface area (Å²) in [5, 5.41) is 7.32. The number of benzene rings is 7. The van der Waals surface area contributed by atoms with Crippen molar-refractivity contribution in [2.24, 2.45) is 10.9 Å². The Balaban J connectivity index is 1.15. The third-order valence-electron chi connectivity index (χ3n) is 11.2. The second-order valence-electron chi connectivity index (χ2n) is 14.4. The molecule has 2 aromatic heterocycles. The van der Waals surface area contributed by atoms with E-state index in [-0.39, 0.29) is 5.92 Å². The van der Waals surface area contributed by atoms with Gasteiger partial charge in [0.05, 0.1) is 11.4 Å². The predicted molar refractivity (Wildman–Crippen MR) is 228 cm³/mol. The summed E-state index contributed by atoms with van der Waals surface area (Å²) in [6.45, 7) is 6.92. The van der Waals surface area contributed by atoms with Gasteiger partial charge in [0.25, 0.3) is 0 Å². The third kappa shape index (κ3) is 5.26.